The van der Waals surface area contributed by atoms with Crippen LogP contribution in [0.5, 0.6) is 0 Å². The molecule has 0 fully saturated rings. The second-order valence-electron chi connectivity index (χ2n) is 4.79. The molecule has 0 spiro atoms. The Morgan fingerprint density at radius 2 is 1.32 bits per heavy atom. The van der Waals surface area contributed by atoms with E-state index in [-0.39, 0.29) is 4.43 Å². The summed E-state index contributed by atoms with van der Waals surface area (Å²) in [6, 6.07) is 0. The van der Waals surface area contributed by atoms with Gasteiger partial charge in [-0.05, 0) is 12.8 Å². The molecule has 0 aliphatic rings. The van der Waals surface area contributed by atoms with Crippen LogP contribution >= 0.6 is 22.6 Å². The number of alkyl halides is 12. The fraction of sp³-hybridized carbons (Fsp3) is 0.909. The van der Waals surface area contributed by atoms with Gasteiger partial charge < -0.3 is 5.32 Å². The minimum absolute atomic E-state index is 0.0695. The lowest BCUT2D eigenvalue weighted by Gasteiger charge is -2.37. The second-order valence-corrected chi connectivity index (χ2v) is 5.55. The number of carbonyl (C=O) groups is 1. The van der Waals surface area contributed by atoms with Gasteiger partial charge in [-0.3, -0.25) is 4.79 Å². The zero-order valence-electron chi connectivity index (χ0n) is 11.9. The van der Waals surface area contributed by atoms with E-state index in [9.17, 15) is 53.1 Å². The Hall–Kier alpha value is -0.570. The summed E-state index contributed by atoms with van der Waals surface area (Å²) in [5, 5.41) is 2.03. The van der Waals surface area contributed by atoms with Crippen molar-refractivity contribution in [3.63, 3.8) is 0 Å². The maximum absolute atomic E-state index is 13.3. The Labute approximate surface area is 147 Å². The van der Waals surface area contributed by atoms with Crippen molar-refractivity contribution >= 4 is 28.5 Å². The predicted octanol–water partition coefficient (Wildman–Crippen LogP) is 4.46. The summed E-state index contributed by atoms with van der Waals surface area (Å²) in [6.45, 7) is -0.479. The van der Waals surface area contributed by atoms with Gasteiger partial charge in [0.25, 0.3) is 0 Å². The Morgan fingerprint density at radius 3 is 1.72 bits per heavy atom. The van der Waals surface area contributed by atoms with Crippen molar-refractivity contribution in [1.29, 1.82) is 0 Å². The molecule has 0 saturated carbocycles. The maximum Gasteiger partial charge on any atom is 0.384 e. The van der Waals surface area contributed by atoms with Crippen molar-refractivity contribution < 1.29 is 53.1 Å². The van der Waals surface area contributed by atoms with Gasteiger partial charge in [0.15, 0.2) is 6.17 Å². The van der Waals surface area contributed by atoms with Crippen LogP contribution in [0.15, 0.2) is 0 Å². The Bertz CT molecular complexity index is 457. The predicted molar refractivity (Wildman–Crippen MR) is 71.8 cm³/mol. The average molecular weight is 509 g/mol. The van der Waals surface area contributed by atoms with Crippen molar-refractivity contribution in [3.8, 4) is 0 Å². The third-order valence-corrected chi connectivity index (χ3v) is 3.67. The number of halogens is 12. The standard InChI is InChI=1S/C11H11F11INO/c12-5(2-1-3-24-6(25)4-23)8(15,16)10(19,20)11(21,22)9(17,18)7(13)14/h5,7H,1-4H2,(H,24,25). The monoisotopic (exact) mass is 509 g/mol. The molecule has 2 nitrogen and oxygen atoms in total. The minimum Gasteiger partial charge on any atom is -0.355 e. The largest absolute Gasteiger partial charge is 0.384 e. The molecule has 0 rings (SSSR count). The van der Waals surface area contributed by atoms with E-state index in [0.29, 0.717) is 0 Å². The molecule has 0 aromatic carbocycles. The molecule has 0 radical (unpaired) electrons. The number of nitrogens with one attached hydrogen (secondary N) is 1. The molecule has 0 aromatic rings. The highest BCUT2D eigenvalue weighted by molar-refractivity contribution is 14.1. The van der Waals surface area contributed by atoms with Gasteiger partial charge in [0.2, 0.25) is 5.91 Å². The Kier molecular flexibility index (Phi) is 8.22. The summed E-state index contributed by atoms with van der Waals surface area (Å²) in [7, 11) is 0. The van der Waals surface area contributed by atoms with E-state index in [1.165, 1.54) is 0 Å². The number of hydrogen-bond donors (Lipinski definition) is 1. The van der Waals surface area contributed by atoms with Crippen LogP contribution in [-0.2, 0) is 4.79 Å². The molecular formula is C11H11F11INO. The smallest absolute Gasteiger partial charge is 0.355 e. The fourth-order valence-electron chi connectivity index (χ4n) is 1.49. The van der Waals surface area contributed by atoms with Crippen molar-refractivity contribution in [2.45, 2.75) is 49.1 Å². The average Bonchev–Trinajstić information content (AvgIpc) is 2.49. The number of amides is 1. The molecule has 1 atom stereocenters. The quantitative estimate of drug-likeness (QED) is 0.201. The molecule has 1 N–H and O–H groups in total. The van der Waals surface area contributed by atoms with Crippen molar-refractivity contribution in [3.05, 3.63) is 0 Å². The van der Waals surface area contributed by atoms with E-state index < -0.39 is 61.6 Å². The number of hydrogen-bond acceptors (Lipinski definition) is 1. The van der Waals surface area contributed by atoms with Gasteiger partial charge in [0.1, 0.15) is 0 Å². The van der Waals surface area contributed by atoms with Crippen LogP contribution in [0.3, 0.4) is 0 Å². The lowest BCUT2D eigenvalue weighted by Crippen LogP contribution is -2.66. The summed E-state index contributed by atoms with van der Waals surface area (Å²) < 4.78 is 141. The van der Waals surface area contributed by atoms with Crippen LogP contribution in [0, 0.1) is 0 Å². The van der Waals surface area contributed by atoms with E-state index in [4.69, 9.17) is 0 Å². The Balaban J connectivity index is 5.22. The van der Waals surface area contributed by atoms with Crippen molar-refractivity contribution in [2.24, 2.45) is 0 Å². The zero-order chi connectivity index (χ0) is 20.3. The molecule has 0 aromatic heterocycles. The lowest BCUT2D eigenvalue weighted by atomic mass is 9.94. The maximum atomic E-state index is 13.3. The van der Waals surface area contributed by atoms with Crippen LogP contribution in [0.2, 0.25) is 0 Å². The van der Waals surface area contributed by atoms with Gasteiger partial charge in [0.05, 0.1) is 4.43 Å². The zero-order valence-corrected chi connectivity index (χ0v) is 14.1. The molecule has 1 amide bonds. The first-order chi connectivity index (χ1) is 11.1. The van der Waals surface area contributed by atoms with Gasteiger partial charge in [0, 0.05) is 6.54 Å². The van der Waals surface area contributed by atoms with Crippen molar-refractivity contribution in [2.75, 3.05) is 11.0 Å². The summed E-state index contributed by atoms with van der Waals surface area (Å²) in [4.78, 5) is 10.8. The normalized spacial score (nSPS) is 15.4. The van der Waals surface area contributed by atoms with E-state index >= 15 is 0 Å². The molecule has 14 heteroatoms. The first kappa shape index (κ1) is 24.4. The van der Waals surface area contributed by atoms with Gasteiger partial charge >= 0.3 is 30.1 Å². The van der Waals surface area contributed by atoms with Gasteiger partial charge in [-0.1, -0.05) is 22.6 Å². The molecule has 0 bridgehead atoms. The Morgan fingerprint density at radius 1 is 0.880 bits per heavy atom. The molecule has 0 saturated heterocycles. The van der Waals surface area contributed by atoms with E-state index in [1.807, 2.05) is 5.32 Å². The summed E-state index contributed by atoms with van der Waals surface area (Å²) in [5.41, 5.74) is 0. The summed E-state index contributed by atoms with van der Waals surface area (Å²) >= 11 is 1.60. The van der Waals surface area contributed by atoms with Crippen LogP contribution in [0.1, 0.15) is 12.8 Å². The molecule has 1 unspecified atom stereocenters. The lowest BCUT2D eigenvalue weighted by molar-refractivity contribution is -0.391. The van der Waals surface area contributed by atoms with Crippen LogP contribution < -0.4 is 5.32 Å². The molecule has 150 valence electrons. The summed E-state index contributed by atoms with van der Waals surface area (Å²) in [5.74, 6) is -28.1. The summed E-state index contributed by atoms with van der Waals surface area (Å²) in [6.07, 6.45) is -11.7. The van der Waals surface area contributed by atoms with Crippen LogP contribution in [0.4, 0.5) is 48.3 Å². The first-order valence-electron chi connectivity index (χ1n) is 6.33. The van der Waals surface area contributed by atoms with E-state index in [2.05, 4.69) is 0 Å². The molecule has 0 heterocycles. The SMILES string of the molecule is O=C(CI)NCCCC(F)C(F)(F)C(F)(F)C(F)(F)C(F)(F)C(F)F. The highest BCUT2D eigenvalue weighted by Gasteiger charge is 2.84. The number of carbonyl (C=O) groups excluding carboxylic acids is 1. The minimum atomic E-state index is -7.21. The third kappa shape index (κ3) is 4.78. The van der Waals surface area contributed by atoms with E-state index in [0.717, 1.165) is 0 Å². The van der Waals surface area contributed by atoms with E-state index in [1.54, 1.807) is 22.6 Å². The molecular weight excluding hydrogens is 498 g/mol. The topological polar surface area (TPSA) is 29.1 Å². The highest BCUT2D eigenvalue weighted by Crippen LogP contribution is 2.55. The fourth-order valence-corrected chi connectivity index (χ4v) is 1.76. The van der Waals surface area contributed by atoms with Crippen LogP contribution in [0.25, 0.3) is 0 Å². The molecule has 25 heavy (non-hydrogen) atoms. The van der Waals surface area contributed by atoms with Gasteiger partial charge in [-0.2, -0.15) is 35.1 Å². The van der Waals surface area contributed by atoms with Gasteiger partial charge in [-0.15, -0.1) is 0 Å². The molecule has 0 aliphatic carbocycles. The molecule has 0 aliphatic heterocycles. The van der Waals surface area contributed by atoms with Crippen molar-refractivity contribution in [1.82, 2.24) is 5.32 Å². The number of rotatable bonds is 10. The first-order valence-corrected chi connectivity index (χ1v) is 7.86. The van der Waals surface area contributed by atoms with Gasteiger partial charge in [-0.25, -0.2) is 13.2 Å². The highest BCUT2D eigenvalue weighted by atomic mass is 127. The van der Waals surface area contributed by atoms with Crippen LogP contribution in [-0.4, -0.2) is 53.2 Å². The third-order valence-electron chi connectivity index (χ3n) is 2.98. The second kappa shape index (κ2) is 8.41.